The van der Waals surface area contributed by atoms with Gasteiger partial charge in [0.1, 0.15) is 11.6 Å². The zero-order chi connectivity index (χ0) is 17.9. The van der Waals surface area contributed by atoms with Crippen molar-refractivity contribution in [2.45, 2.75) is 31.3 Å². The second-order valence-electron chi connectivity index (χ2n) is 7.48. The number of halogens is 1. The van der Waals surface area contributed by atoms with Crippen LogP contribution in [0.3, 0.4) is 0 Å². The number of hydrogen-bond donors (Lipinski definition) is 3. The van der Waals surface area contributed by atoms with Crippen LogP contribution >= 0.6 is 0 Å². The van der Waals surface area contributed by atoms with E-state index in [9.17, 15) is 9.50 Å². The van der Waals surface area contributed by atoms with Gasteiger partial charge in [-0.2, -0.15) is 0 Å². The number of hydrogen-bond acceptors (Lipinski definition) is 4. The van der Waals surface area contributed by atoms with E-state index in [1.807, 2.05) is 24.3 Å². The van der Waals surface area contributed by atoms with Crippen molar-refractivity contribution in [2.75, 3.05) is 19.6 Å². The smallest absolute Gasteiger partial charge is 0.123 e. The van der Waals surface area contributed by atoms with Crippen LogP contribution in [0.5, 0.6) is 5.75 Å². The van der Waals surface area contributed by atoms with Gasteiger partial charge >= 0.3 is 0 Å². The van der Waals surface area contributed by atoms with E-state index < -0.39 is 0 Å². The van der Waals surface area contributed by atoms with E-state index in [1.54, 1.807) is 18.2 Å². The van der Waals surface area contributed by atoms with Crippen molar-refractivity contribution < 1.29 is 9.50 Å². The third-order valence-corrected chi connectivity index (χ3v) is 5.74. The standard InChI is InChI=1S/C21H26FN3O/c22-18-8-3-6-15(11-18)19-12-23-24-21(19)17-7-4-10-25(14-17)13-16-5-1-2-9-20(16)26/h1-3,5-6,8-9,11,17,19,21,23-24,26H,4,7,10,12-14H2. The Balaban J connectivity index is 1.46. The van der Waals surface area contributed by atoms with Gasteiger partial charge in [-0.1, -0.05) is 30.3 Å². The van der Waals surface area contributed by atoms with E-state index in [4.69, 9.17) is 0 Å². The summed E-state index contributed by atoms with van der Waals surface area (Å²) in [4.78, 5) is 2.42. The highest BCUT2D eigenvalue weighted by atomic mass is 19.1. The highest BCUT2D eigenvalue weighted by Gasteiger charge is 2.36. The summed E-state index contributed by atoms with van der Waals surface area (Å²) in [5, 5.41) is 10.1. The molecule has 0 amide bonds. The molecule has 3 atom stereocenters. The molecule has 0 spiro atoms. The van der Waals surface area contributed by atoms with Gasteiger partial charge in [0.25, 0.3) is 0 Å². The largest absolute Gasteiger partial charge is 0.508 e. The molecule has 138 valence electrons. The van der Waals surface area contributed by atoms with Gasteiger partial charge < -0.3 is 5.11 Å². The van der Waals surface area contributed by atoms with E-state index in [2.05, 4.69) is 15.8 Å². The number of phenols is 1. The van der Waals surface area contributed by atoms with Gasteiger partial charge in [-0.3, -0.25) is 15.8 Å². The lowest BCUT2D eigenvalue weighted by molar-refractivity contribution is 0.138. The Morgan fingerprint density at radius 2 is 2.04 bits per heavy atom. The van der Waals surface area contributed by atoms with Crippen LogP contribution in [0, 0.1) is 11.7 Å². The van der Waals surface area contributed by atoms with Crippen LogP contribution in [0.25, 0.3) is 0 Å². The summed E-state index contributed by atoms with van der Waals surface area (Å²) in [6.45, 7) is 3.63. The minimum Gasteiger partial charge on any atom is -0.508 e. The first-order chi connectivity index (χ1) is 12.7. The maximum atomic E-state index is 13.7. The predicted octanol–water partition coefficient (Wildman–Crippen LogP) is 3.00. The molecule has 0 aromatic heterocycles. The van der Waals surface area contributed by atoms with Crippen LogP contribution < -0.4 is 10.9 Å². The van der Waals surface area contributed by atoms with Crippen molar-refractivity contribution in [3.63, 3.8) is 0 Å². The average molecular weight is 355 g/mol. The second-order valence-corrected chi connectivity index (χ2v) is 7.48. The van der Waals surface area contributed by atoms with Gasteiger partial charge in [0.2, 0.25) is 0 Å². The fourth-order valence-electron chi connectivity index (χ4n) is 4.44. The zero-order valence-corrected chi connectivity index (χ0v) is 14.9. The molecule has 0 radical (unpaired) electrons. The van der Waals surface area contributed by atoms with Crippen molar-refractivity contribution in [3.05, 3.63) is 65.5 Å². The van der Waals surface area contributed by atoms with E-state index in [-0.39, 0.29) is 11.7 Å². The van der Waals surface area contributed by atoms with Gasteiger partial charge in [0.05, 0.1) is 0 Å². The van der Waals surface area contributed by atoms with Crippen molar-refractivity contribution in [2.24, 2.45) is 5.92 Å². The van der Waals surface area contributed by atoms with Crippen LogP contribution in [0.4, 0.5) is 4.39 Å². The molecule has 2 heterocycles. The number of benzene rings is 2. The Kier molecular flexibility index (Phi) is 5.20. The van der Waals surface area contributed by atoms with Crippen LogP contribution in [-0.2, 0) is 6.54 Å². The van der Waals surface area contributed by atoms with E-state index in [0.29, 0.717) is 17.7 Å². The van der Waals surface area contributed by atoms with Crippen LogP contribution in [0.1, 0.15) is 29.9 Å². The number of piperidine rings is 1. The predicted molar refractivity (Wildman–Crippen MR) is 100 cm³/mol. The Labute approximate surface area is 154 Å². The van der Waals surface area contributed by atoms with E-state index in [0.717, 1.165) is 43.7 Å². The average Bonchev–Trinajstić information content (AvgIpc) is 3.14. The first-order valence-electron chi connectivity index (χ1n) is 9.44. The third kappa shape index (κ3) is 3.75. The molecule has 2 aliphatic rings. The summed E-state index contributed by atoms with van der Waals surface area (Å²) < 4.78 is 13.7. The fourth-order valence-corrected chi connectivity index (χ4v) is 4.44. The summed E-state index contributed by atoms with van der Waals surface area (Å²) in [7, 11) is 0. The molecular weight excluding hydrogens is 329 g/mol. The number of hydrazine groups is 1. The van der Waals surface area contributed by atoms with Crippen molar-refractivity contribution in [1.82, 2.24) is 15.8 Å². The molecule has 3 N–H and O–H groups in total. The highest BCUT2D eigenvalue weighted by molar-refractivity contribution is 5.31. The van der Waals surface area contributed by atoms with Crippen LogP contribution in [0.2, 0.25) is 0 Å². The van der Waals surface area contributed by atoms with Gasteiger partial charge in [0.15, 0.2) is 0 Å². The van der Waals surface area contributed by atoms with Gasteiger partial charge in [-0.15, -0.1) is 0 Å². The maximum Gasteiger partial charge on any atom is 0.123 e. The van der Waals surface area contributed by atoms with Crippen molar-refractivity contribution in [3.8, 4) is 5.75 Å². The summed E-state index contributed by atoms with van der Waals surface area (Å²) in [5.41, 5.74) is 8.76. The Morgan fingerprint density at radius 1 is 1.15 bits per heavy atom. The fraction of sp³-hybridized carbons (Fsp3) is 0.429. The number of para-hydroxylation sites is 1. The monoisotopic (exact) mass is 355 g/mol. The number of aromatic hydroxyl groups is 1. The molecule has 2 aromatic carbocycles. The van der Waals surface area contributed by atoms with Crippen LogP contribution in [-0.4, -0.2) is 35.7 Å². The van der Waals surface area contributed by atoms with Crippen molar-refractivity contribution in [1.29, 1.82) is 0 Å². The minimum absolute atomic E-state index is 0.169. The lowest BCUT2D eigenvalue weighted by atomic mass is 9.81. The molecule has 26 heavy (non-hydrogen) atoms. The number of rotatable bonds is 4. The molecule has 2 fully saturated rings. The molecule has 2 aromatic rings. The van der Waals surface area contributed by atoms with Crippen molar-refractivity contribution >= 4 is 0 Å². The quantitative estimate of drug-likeness (QED) is 0.789. The molecule has 0 saturated carbocycles. The van der Waals surface area contributed by atoms with Gasteiger partial charge in [-0.25, -0.2) is 4.39 Å². The number of likely N-dealkylation sites (tertiary alicyclic amines) is 1. The maximum absolute atomic E-state index is 13.7. The minimum atomic E-state index is -0.169. The molecule has 4 nitrogen and oxygen atoms in total. The normalized spacial score (nSPS) is 26.9. The number of nitrogens with one attached hydrogen (secondary N) is 2. The van der Waals surface area contributed by atoms with Gasteiger partial charge in [-0.05, 0) is 49.1 Å². The third-order valence-electron chi connectivity index (χ3n) is 5.74. The summed E-state index contributed by atoms with van der Waals surface area (Å²) in [6, 6.07) is 14.8. The molecule has 5 heteroatoms. The molecule has 0 bridgehead atoms. The Hall–Kier alpha value is -1.95. The van der Waals surface area contributed by atoms with Gasteiger partial charge in [0, 0.05) is 37.2 Å². The Morgan fingerprint density at radius 3 is 2.88 bits per heavy atom. The molecule has 2 saturated heterocycles. The SMILES string of the molecule is Oc1ccccc1CN1CCCC(C2NNCC2c2cccc(F)c2)C1. The zero-order valence-electron chi connectivity index (χ0n) is 14.9. The number of phenolic OH excluding ortho intramolecular Hbond substituents is 1. The van der Waals surface area contributed by atoms with E-state index in [1.165, 1.54) is 12.5 Å². The lowest BCUT2D eigenvalue weighted by Gasteiger charge is -2.37. The second kappa shape index (κ2) is 7.74. The molecule has 0 aliphatic carbocycles. The first-order valence-corrected chi connectivity index (χ1v) is 9.44. The highest BCUT2D eigenvalue weighted by Crippen LogP contribution is 2.32. The molecule has 3 unspecified atom stereocenters. The summed E-state index contributed by atoms with van der Waals surface area (Å²) in [6.07, 6.45) is 2.31. The lowest BCUT2D eigenvalue weighted by Crippen LogP contribution is -2.46. The first kappa shape index (κ1) is 17.5. The molecule has 4 rings (SSSR count). The van der Waals surface area contributed by atoms with Crippen LogP contribution in [0.15, 0.2) is 48.5 Å². The van der Waals surface area contributed by atoms with E-state index >= 15 is 0 Å². The topological polar surface area (TPSA) is 47.5 Å². The number of nitrogens with zero attached hydrogens (tertiary/aromatic N) is 1. The summed E-state index contributed by atoms with van der Waals surface area (Å²) in [5.74, 6) is 0.976. The molecular formula is C21H26FN3O. The Bertz CT molecular complexity index is 754. The summed E-state index contributed by atoms with van der Waals surface area (Å²) >= 11 is 0. The molecule has 2 aliphatic heterocycles.